The molecule has 5 nitrogen and oxygen atoms in total. The van der Waals surface area contributed by atoms with E-state index < -0.39 is 0 Å². The summed E-state index contributed by atoms with van der Waals surface area (Å²) in [5.74, 6) is 5.08. The van der Waals surface area contributed by atoms with Crippen molar-refractivity contribution in [3.63, 3.8) is 0 Å². The molecule has 17 heavy (non-hydrogen) atoms. The van der Waals surface area contributed by atoms with Gasteiger partial charge in [0.15, 0.2) is 0 Å². The largest absolute Gasteiger partial charge is 0.372 e. The van der Waals surface area contributed by atoms with E-state index in [1.165, 1.54) is 0 Å². The minimum absolute atomic E-state index is 0.104. The number of nitrogens with one attached hydrogen (secondary N) is 1. The number of ether oxygens (including phenoxy) is 1. The maximum atomic E-state index is 11.3. The summed E-state index contributed by atoms with van der Waals surface area (Å²) in [4.78, 5) is 12.9. The van der Waals surface area contributed by atoms with Crippen LogP contribution in [0.1, 0.15) is 12.0 Å². The maximum absolute atomic E-state index is 11.3. The van der Waals surface area contributed by atoms with Crippen LogP contribution in [0.15, 0.2) is 30.3 Å². The number of carbonyl (C=O) groups is 1. The molecule has 1 heterocycles. The number of likely N-dealkylation sites (tertiary alicyclic amines) is 1. The Kier molecular flexibility index (Phi) is 3.95. The second-order valence-electron chi connectivity index (χ2n) is 4.10. The van der Waals surface area contributed by atoms with Crippen molar-refractivity contribution >= 4 is 6.03 Å². The van der Waals surface area contributed by atoms with Crippen LogP contribution < -0.4 is 11.3 Å². The predicted molar refractivity (Wildman–Crippen MR) is 63.9 cm³/mol. The lowest BCUT2D eigenvalue weighted by Crippen LogP contribution is -2.42. The predicted octanol–water partition coefficient (Wildman–Crippen LogP) is 0.861. The molecule has 5 heteroatoms. The van der Waals surface area contributed by atoms with Gasteiger partial charge in [-0.25, -0.2) is 10.6 Å². The minimum Gasteiger partial charge on any atom is -0.372 e. The molecule has 0 aromatic heterocycles. The zero-order valence-electron chi connectivity index (χ0n) is 9.63. The lowest BCUT2D eigenvalue weighted by Gasteiger charge is -2.15. The summed E-state index contributed by atoms with van der Waals surface area (Å²) in [5, 5.41) is 0. The summed E-state index contributed by atoms with van der Waals surface area (Å²) in [6, 6.07) is 9.77. The number of amides is 2. The number of urea groups is 1. The molecule has 1 aliphatic heterocycles. The summed E-state index contributed by atoms with van der Waals surface area (Å²) < 4.78 is 5.75. The van der Waals surface area contributed by atoms with Gasteiger partial charge in [0.2, 0.25) is 0 Å². The quantitative estimate of drug-likeness (QED) is 0.464. The van der Waals surface area contributed by atoms with Crippen LogP contribution in [0.4, 0.5) is 4.79 Å². The summed E-state index contributed by atoms with van der Waals surface area (Å²) in [6.45, 7) is 1.89. The van der Waals surface area contributed by atoms with Crippen LogP contribution in [-0.4, -0.2) is 30.1 Å². The van der Waals surface area contributed by atoms with Crippen molar-refractivity contribution in [2.24, 2.45) is 5.84 Å². The highest BCUT2D eigenvalue weighted by Crippen LogP contribution is 2.14. The fourth-order valence-corrected chi connectivity index (χ4v) is 1.93. The molecule has 2 rings (SSSR count). The van der Waals surface area contributed by atoms with Gasteiger partial charge in [0, 0.05) is 13.1 Å². The monoisotopic (exact) mass is 235 g/mol. The topological polar surface area (TPSA) is 67.6 Å². The summed E-state index contributed by atoms with van der Waals surface area (Å²) in [5.41, 5.74) is 3.28. The van der Waals surface area contributed by atoms with Crippen LogP contribution >= 0.6 is 0 Å². The van der Waals surface area contributed by atoms with Gasteiger partial charge in [0.1, 0.15) is 0 Å². The van der Waals surface area contributed by atoms with Crippen LogP contribution in [0.3, 0.4) is 0 Å². The molecule has 1 aliphatic rings. The molecule has 1 aromatic carbocycles. The van der Waals surface area contributed by atoms with E-state index >= 15 is 0 Å². The number of nitrogens with zero attached hydrogens (tertiary/aromatic N) is 1. The Labute approximate surface area is 101 Å². The maximum Gasteiger partial charge on any atom is 0.331 e. The highest BCUT2D eigenvalue weighted by Gasteiger charge is 2.26. The van der Waals surface area contributed by atoms with Gasteiger partial charge in [0.25, 0.3) is 0 Å². The van der Waals surface area contributed by atoms with E-state index in [4.69, 9.17) is 10.6 Å². The molecular formula is C12H17N3O2. The molecule has 0 saturated carbocycles. The number of rotatable bonds is 3. The van der Waals surface area contributed by atoms with Crippen molar-refractivity contribution in [1.29, 1.82) is 0 Å². The van der Waals surface area contributed by atoms with Crippen molar-refractivity contribution in [2.45, 2.75) is 19.1 Å². The Morgan fingerprint density at radius 2 is 2.24 bits per heavy atom. The fourth-order valence-electron chi connectivity index (χ4n) is 1.93. The van der Waals surface area contributed by atoms with Gasteiger partial charge in [-0.1, -0.05) is 30.3 Å². The molecular weight excluding hydrogens is 218 g/mol. The summed E-state index contributed by atoms with van der Waals surface area (Å²) >= 11 is 0. The van der Waals surface area contributed by atoms with Crippen molar-refractivity contribution < 1.29 is 9.53 Å². The first kappa shape index (κ1) is 11.9. The first-order chi connectivity index (χ1) is 8.29. The Morgan fingerprint density at radius 3 is 2.94 bits per heavy atom. The third-order valence-corrected chi connectivity index (χ3v) is 2.88. The number of nitrogens with two attached hydrogens (primary N) is 1. The normalized spacial score (nSPS) is 19.4. The van der Waals surface area contributed by atoms with Crippen molar-refractivity contribution in [2.75, 3.05) is 13.1 Å². The van der Waals surface area contributed by atoms with Crippen LogP contribution in [0.25, 0.3) is 0 Å². The van der Waals surface area contributed by atoms with Gasteiger partial charge < -0.3 is 9.64 Å². The van der Waals surface area contributed by atoms with E-state index in [2.05, 4.69) is 5.43 Å². The first-order valence-electron chi connectivity index (χ1n) is 5.70. The number of benzene rings is 1. The molecule has 1 unspecified atom stereocenters. The summed E-state index contributed by atoms with van der Waals surface area (Å²) in [7, 11) is 0. The molecule has 0 radical (unpaired) electrons. The van der Waals surface area contributed by atoms with E-state index in [9.17, 15) is 4.79 Å². The van der Waals surface area contributed by atoms with Gasteiger partial charge in [0.05, 0.1) is 12.7 Å². The smallest absolute Gasteiger partial charge is 0.331 e. The Balaban J connectivity index is 1.77. The number of carbonyl (C=O) groups excluding carboxylic acids is 1. The van der Waals surface area contributed by atoms with Gasteiger partial charge in [-0.05, 0) is 12.0 Å². The average Bonchev–Trinajstić information content (AvgIpc) is 2.85. The SMILES string of the molecule is NNC(=O)N1CCC(OCc2ccccc2)C1. The third-order valence-electron chi connectivity index (χ3n) is 2.88. The van der Waals surface area contributed by atoms with Gasteiger partial charge in [-0.3, -0.25) is 5.43 Å². The zero-order valence-corrected chi connectivity index (χ0v) is 9.63. The van der Waals surface area contributed by atoms with Crippen molar-refractivity contribution in [3.8, 4) is 0 Å². The van der Waals surface area contributed by atoms with E-state index in [-0.39, 0.29) is 12.1 Å². The molecule has 0 aliphatic carbocycles. The Bertz CT molecular complexity index is 369. The highest BCUT2D eigenvalue weighted by molar-refractivity contribution is 5.73. The molecule has 1 atom stereocenters. The van der Waals surface area contributed by atoms with Crippen LogP contribution in [-0.2, 0) is 11.3 Å². The lowest BCUT2D eigenvalue weighted by molar-refractivity contribution is 0.0487. The van der Waals surface area contributed by atoms with Crippen LogP contribution in [0.5, 0.6) is 0 Å². The number of hydrogen-bond donors (Lipinski definition) is 2. The van der Waals surface area contributed by atoms with E-state index in [1.54, 1.807) is 4.90 Å². The van der Waals surface area contributed by atoms with Gasteiger partial charge in [-0.2, -0.15) is 0 Å². The van der Waals surface area contributed by atoms with Gasteiger partial charge >= 0.3 is 6.03 Å². The van der Waals surface area contributed by atoms with E-state index in [1.807, 2.05) is 30.3 Å². The standard InChI is InChI=1S/C12H17N3O2/c13-14-12(16)15-7-6-11(8-15)17-9-10-4-2-1-3-5-10/h1-5,11H,6-9,13H2,(H,14,16). The van der Waals surface area contributed by atoms with Crippen molar-refractivity contribution in [1.82, 2.24) is 10.3 Å². The Hall–Kier alpha value is -1.59. The van der Waals surface area contributed by atoms with Crippen LogP contribution in [0.2, 0.25) is 0 Å². The number of hydrazine groups is 1. The lowest BCUT2D eigenvalue weighted by atomic mass is 10.2. The molecule has 1 fully saturated rings. The minimum atomic E-state index is -0.240. The van der Waals surface area contributed by atoms with Crippen LogP contribution in [0, 0.1) is 0 Å². The Morgan fingerprint density at radius 1 is 1.47 bits per heavy atom. The molecule has 3 N–H and O–H groups in total. The zero-order chi connectivity index (χ0) is 12.1. The summed E-state index contributed by atoms with van der Waals surface area (Å²) in [6.07, 6.45) is 0.966. The average molecular weight is 235 g/mol. The van der Waals surface area contributed by atoms with Crippen molar-refractivity contribution in [3.05, 3.63) is 35.9 Å². The second kappa shape index (κ2) is 5.65. The first-order valence-corrected chi connectivity index (χ1v) is 5.70. The molecule has 0 spiro atoms. The molecule has 0 bridgehead atoms. The molecule has 2 amide bonds. The third kappa shape index (κ3) is 3.18. The second-order valence-corrected chi connectivity index (χ2v) is 4.10. The highest BCUT2D eigenvalue weighted by atomic mass is 16.5. The van der Waals surface area contributed by atoms with E-state index in [0.29, 0.717) is 19.7 Å². The molecule has 1 aromatic rings. The molecule has 92 valence electrons. The van der Waals surface area contributed by atoms with Gasteiger partial charge in [-0.15, -0.1) is 0 Å². The fraction of sp³-hybridized carbons (Fsp3) is 0.417. The molecule has 1 saturated heterocycles. The van der Waals surface area contributed by atoms with E-state index in [0.717, 1.165) is 12.0 Å². The number of hydrogen-bond acceptors (Lipinski definition) is 3.